The third-order valence-corrected chi connectivity index (χ3v) is 2.63. The molecule has 1 aromatic carbocycles. The largest absolute Gasteiger partial charge is 0.460 e. The predicted octanol–water partition coefficient (Wildman–Crippen LogP) is 1.29. The topological polar surface area (TPSA) is 55.4 Å². The minimum Gasteiger partial charge on any atom is -0.460 e. The fraction of sp³-hybridized carbons (Fsp3) is 0.231. The molecule has 2 rings (SSSR count). The Labute approximate surface area is 99.3 Å². The first kappa shape index (κ1) is 11.4. The van der Waals surface area contributed by atoms with Gasteiger partial charge in [0, 0.05) is 12.0 Å². The molecule has 4 nitrogen and oxygen atoms in total. The van der Waals surface area contributed by atoms with E-state index in [4.69, 9.17) is 4.74 Å². The van der Waals surface area contributed by atoms with E-state index in [0.717, 1.165) is 0 Å². The highest BCUT2D eigenvalue weighted by molar-refractivity contribution is 5.94. The molecule has 0 heterocycles. The maximum atomic E-state index is 11.8. The van der Waals surface area contributed by atoms with Crippen molar-refractivity contribution in [3.8, 4) is 0 Å². The van der Waals surface area contributed by atoms with Crippen molar-refractivity contribution >= 4 is 12.4 Å². The molecule has 2 atom stereocenters. The summed E-state index contributed by atoms with van der Waals surface area (Å²) in [4.78, 5) is 22.0. The first-order valence-corrected chi connectivity index (χ1v) is 5.43. The highest BCUT2D eigenvalue weighted by Gasteiger charge is 2.21. The molecule has 0 fully saturated rings. The summed E-state index contributed by atoms with van der Waals surface area (Å²) < 4.78 is 4.80. The first-order chi connectivity index (χ1) is 8.29. The maximum Gasteiger partial charge on any atom is 0.293 e. The Bertz CT molecular complexity index is 428. The molecule has 0 aliphatic heterocycles. The fourth-order valence-electron chi connectivity index (χ4n) is 1.79. The molecule has 0 saturated carbocycles. The number of nitrogens with one attached hydrogen (secondary N) is 1. The summed E-state index contributed by atoms with van der Waals surface area (Å²) >= 11 is 0. The fourth-order valence-corrected chi connectivity index (χ4v) is 1.79. The number of rotatable bonds is 4. The molecule has 1 aliphatic rings. The number of carbonyl (C=O) groups is 2. The van der Waals surface area contributed by atoms with Crippen LogP contribution in [0.4, 0.5) is 0 Å². The summed E-state index contributed by atoms with van der Waals surface area (Å²) in [5.74, 6) is -0.119. The molecular weight excluding hydrogens is 218 g/mol. The minimum atomic E-state index is -0.228. The molecule has 0 aromatic heterocycles. The number of carbonyl (C=O) groups excluding carboxylic acids is 2. The van der Waals surface area contributed by atoms with E-state index >= 15 is 0 Å². The Kier molecular flexibility index (Phi) is 3.55. The Morgan fingerprint density at radius 1 is 1.29 bits per heavy atom. The van der Waals surface area contributed by atoms with Gasteiger partial charge in [-0.05, 0) is 18.2 Å². The number of ether oxygens (including phenoxy) is 1. The smallest absolute Gasteiger partial charge is 0.293 e. The molecule has 0 radical (unpaired) electrons. The second-order valence-electron chi connectivity index (χ2n) is 3.84. The second kappa shape index (κ2) is 5.30. The summed E-state index contributed by atoms with van der Waals surface area (Å²) in [6, 6.07) is 8.93. The van der Waals surface area contributed by atoms with Gasteiger partial charge in [-0.1, -0.05) is 24.3 Å². The zero-order chi connectivity index (χ0) is 12.1. The van der Waals surface area contributed by atoms with Gasteiger partial charge in [-0.15, -0.1) is 0 Å². The van der Waals surface area contributed by atoms with Crippen LogP contribution in [0.5, 0.6) is 0 Å². The van der Waals surface area contributed by atoms with Crippen LogP contribution in [-0.4, -0.2) is 24.5 Å². The Morgan fingerprint density at radius 3 is 2.76 bits per heavy atom. The highest BCUT2D eigenvalue weighted by Crippen LogP contribution is 2.14. The van der Waals surface area contributed by atoms with E-state index in [0.29, 0.717) is 18.5 Å². The molecule has 0 spiro atoms. The van der Waals surface area contributed by atoms with Crippen molar-refractivity contribution in [2.24, 2.45) is 0 Å². The third kappa shape index (κ3) is 2.93. The van der Waals surface area contributed by atoms with Crippen molar-refractivity contribution in [3.05, 3.63) is 48.0 Å². The van der Waals surface area contributed by atoms with Gasteiger partial charge in [-0.25, -0.2) is 0 Å². The monoisotopic (exact) mass is 231 g/mol. The molecule has 2 unspecified atom stereocenters. The van der Waals surface area contributed by atoms with E-state index in [1.807, 2.05) is 24.3 Å². The van der Waals surface area contributed by atoms with Crippen molar-refractivity contribution in [3.63, 3.8) is 0 Å². The summed E-state index contributed by atoms with van der Waals surface area (Å²) in [7, 11) is 0. The zero-order valence-electron chi connectivity index (χ0n) is 9.21. The van der Waals surface area contributed by atoms with Crippen molar-refractivity contribution in [2.75, 3.05) is 0 Å². The summed E-state index contributed by atoms with van der Waals surface area (Å²) in [6.07, 6.45) is 3.99. The van der Waals surface area contributed by atoms with Crippen LogP contribution in [0.3, 0.4) is 0 Å². The lowest BCUT2D eigenvalue weighted by molar-refractivity contribution is -0.131. The Hall–Kier alpha value is -2.10. The molecule has 1 amide bonds. The second-order valence-corrected chi connectivity index (χ2v) is 3.84. The quantitative estimate of drug-likeness (QED) is 0.627. The lowest BCUT2D eigenvalue weighted by Crippen LogP contribution is -2.33. The molecule has 17 heavy (non-hydrogen) atoms. The van der Waals surface area contributed by atoms with Crippen LogP contribution in [0.2, 0.25) is 0 Å². The van der Waals surface area contributed by atoms with Crippen molar-refractivity contribution < 1.29 is 14.3 Å². The lowest BCUT2D eigenvalue weighted by atomic mass is 10.2. The van der Waals surface area contributed by atoms with Crippen LogP contribution in [0.15, 0.2) is 42.5 Å². The molecule has 4 heteroatoms. The minimum absolute atomic E-state index is 0.0762. The van der Waals surface area contributed by atoms with Crippen LogP contribution in [0.1, 0.15) is 16.8 Å². The van der Waals surface area contributed by atoms with Gasteiger partial charge in [0.05, 0.1) is 6.04 Å². The van der Waals surface area contributed by atoms with Crippen molar-refractivity contribution in [1.29, 1.82) is 0 Å². The highest BCUT2D eigenvalue weighted by atomic mass is 16.5. The molecular formula is C13H13NO3. The van der Waals surface area contributed by atoms with Gasteiger partial charge < -0.3 is 10.1 Å². The van der Waals surface area contributed by atoms with Crippen LogP contribution >= 0.6 is 0 Å². The van der Waals surface area contributed by atoms with Gasteiger partial charge in [0.1, 0.15) is 6.10 Å². The number of benzene rings is 1. The lowest BCUT2D eigenvalue weighted by Gasteiger charge is -2.12. The average Bonchev–Trinajstić information content (AvgIpc) is 2.78. The SMILES string of the molecule is O=COC1C=CC(NC(=O)c2ccccc2)C1. The Morgan fingerprint density at radius 2 is 2.06 bits per heavy atom. The predicted molar refractivity (Wildman–Crippen MR) is 62.4 cm³/mol. The average molecular weight is 231 g/mol. The summed E-state index contributed by atoms with van der Waals surface area (Å²) in [5, 5.41) is 2.86. The van der Waals surface area contributed by atoms with Crippen LogP contribution in [0, 0.1) is 0 Å². The van der Waals surface area contributed by atoms with E-state index in [1.54, 1.807) is 18.2 Å². The van der Waals surface area contributed by atoms with Crippen LogP contribution in [-0.2, 0) is 9.53 Å². The van der Waals surface area contributed by atoms with Gasteiger partial charge in [0.2, 0.25) is 0 Å². The van der Waals surface area contributed by atoms with Gasteiger partial charge >= 0.3 is 0 Å². The number of hydrogen-bond donors (Lipinski definition) is 1. The van der Waals surface area contributed by atoms with Gasteiger partial charge in [-0.3, -0.25) is 9.59 Å². The molecule has 0 saturated heterocycles. The Balaban J connectivity index is 1.89. The summed E-state index contributed by atoms with van der Waals surface area (Å²) in [5.41, 5.74) is 0.626. The van der Waals surface area contributed by atoms with E-state index in [2.05, 4.69) is 5.32 Å². The standard InChI is InChI=1S/C13H13NO3/c15-9-17-12-7-6-11(8-12)14-13(16)10-4-2-1-3-5-10/h1-7,9,11-12H,8H2,(H,14,16). The van der Waals surface area contributed by atoms with Crippen molar-refractivity contribution in [2.45, 2.75) is 18.6 Å². The van der Waals surface area contributed by atoms with Gasteiger partial charge in [0.25, 0.3) is 12.4 Å². The molecule has 1 aliphatic carbocycles. The number of amides is 1. The van der Waals surface area contributed by atoms with Crippen LogP contribution in [0.25, 0.3) is 0 Å². The summed E-state index contributed by atoms with van der Waals surface area (Å²) in [6.45, 7) is 0.427. The van der Waals surface area contributed by atoms with Gasteiger partial charge in [0.15, 0.2) is 0 Å². The normalized spacial score (nSPS) is 22.1. The van der Waals surface area contributed by atoms with Gasteiger partial charge in [-0.2, -0.15) is 0 Å². The third-order valence-electron chi connectivity index (χ3n) is 2.63. The first-order valence-electron chi connectivity index (χ1n) is 5.43. The molecule has 1 aromatic rings. The van der Waals surface area contributed by atoms with E-state index in [9.17, 15) is 9.59 Å². The molecule has 0 bridgehead atoms. The zero-order valence-corrected chi connectivity index (χ0v) is 9.21. The molecule has 88 valence electrons. The van der Waals surface area contributed by atoms with E-state index < -0.39 is 0 Å². The van der Waals surface area contributed by atoms with Crippen LogP contribution < -0.4 is 5.32 Å². The number of hydrogen-bond acceptors (Lipinski definition) is 3. The van der Waals surface area contributed by atoms with Crippen molar-refractivity contribution in [1.82, 2.24) is 5.32 Å². The van der Waals surface area contributed by atoms with E-state index in [1.165, 1.54) is 0 Å². The van der Waals surface area contributed by atoms with E-state index in [-0.39, 0.29) is 18.1 Å². The molecule has 1 N–H and O–H groups in total. The maximum absolute atomic E-state index is 11.8.